The van der Waals surface area contributed by atoms with Crippen molar-refractivity contribution in [3.8, 4) is 0 Å². The molecule has 0 aromatic heterocycles. The van der Waals surface area contributed by atoms with Gasteiger partial charge in [0.1, 0.15) is 0 Å². The summed E-state index contributed by atoms with van der Waals surface area (Å²) in [5, 5.41) is 3.33. The fraction of sp³-hybridized carbons (Fsp3) is 1.00. The second-order valence-electron chi connectivity index (χ2n) is 5.97. The predicted molar refractivity (Wildman–Crippen MR) is 72.2 cm³/mol. The molecule has 0 aromatic rings. The lowest BCUT2D eigenvalue weighted by Crippen LogP contribution is -2.37. The Kier molecular flexibility index (Phi) is 4.67. The Morgan fingerprint density at radius 1 is 1.28 bits per heavy atom. The summed E-state index contributed by atoms with van der Waals surface area (Å²) < 4.78 is 29.9. The van der Waals surface area contributed by atoms with Gasteiger partial charge in [0.2, 0.25) is 0 Å². The van der Waals surface area contributed by atoms with E-state index in [-0.39, 0.29) is 11.2 Å². The van der Waals surface area contributed by atoms with Crippen molar-refractivity contribution in [3.63, 3.8) is 0 Å². The molecule has 0 amide bonds. The Hall–Kier alpha value is -0.130. The van der Waals surface area contributed by atoms with E-state index in [9.17, 15) is 8.42 Å². The van der Waals surface area contributed by atoms with Gasteiger partial charge in [0.05, 0.1) is 5.75 Å². The molecule has 18 heavy (non-hydrogen) atoms. The zero-order valence-corrected chi connectivity index (χ0v) is 12.1. The predicted octanol–water partition coefficient (Wildman–Crippen LogP) is 1.71. The first-order valence-corrected chi connectivity index (χ1v) is 8.77. The molecule has 1 atom stereocenters. The molecule has 0 saturated carbocycles. The maximum Gasteiger partial charge on any atom is 0.177 e. The Bertz CT molecular complexity index is 354. The summed E-state index contributed by atoms with van der Waals surface area (Å²) in [7, 11) is -3.06. The summed E-state index contributed by atoms with van der Waals surface area (Å²) >= 11 is 0. The smallest absolute Gasteiger partial charge is 0.177 e. The SMILES string of the molecule is CC1(CCS(=O)(=O)C2CCCCO2)CCNCC1. The van der Waals surface area contributed by atoms with Crippen LogP contribution in [0.15, 0.2) is 0 Å². The zero-order valence-electron chi connectivity index (χ0n) is 11.3. The molecule has 0 aliphatic carbocycles. The van der Waals surface area contributed by atoms with E-state index in [4.69, 9.17) is 4.74 Å². The minimum atomic E-state index is -3.06. The maximum atomic E-state index is 12.2. The molecule has 1 unspecified atom stereocenters. The van der Waals surface area contributed by atoms with Crippen LogP contribution in [-0.2, 0) is 14.6 Å². The van der Waals surface area contributed by atoms with Gasteiger partial charge in [-0.25, -0.2) is 8.42 Å². The first kappa shape index (κ1) is 14.3. The lowest BCUT2D eigenvalue weighted by molar-refractivity contribution is 0.0658. The van der Waals surface area contributed by atoms with Gasteiger partial charge in [-0.1, -0.05) is 6.92 Å². The highest BCUT2D eigenvalue weighted by atomic mass is 32.2. The van der Waals surface area contributed by atoms with Crippen LogP contribution in [0.3, 0.4) is 0 Å². The van der Waals surface area contributed by atoms with Crippen molar-refractivity contribution >= 4 is 9.84 Å². The van der Waals surface area contributed by atoms with Crippen LogP contribution in [0.25, 0.3) is 0 Å². The van der Waals surface area contributed by atoms with Crippen molar-refractivity contribution in [2.45, 2.75) is 50.9 Å². The summed E-state index contributed by atoms with van der Waals surface area (Å²) in [5.74, 6) is 0.286. The molecule has 106 valence electrons. The van der Waals surface area contributed by atoms with E-state index in [1.165, 1.54) is 0 Å². The van der Waals surface area contributed by atoms with Crippen LogP contribution in [-0.4, -0.2) is 39.3 Å². The van der Waals surface area contributed by atoms with Crippen LogP contribution in [0, 0.1) is 5.41 Å². The van der Waals surface area contributed by atoms with Crippen LogP contribution in [0.1, 0.15) is 45.4 Å². The van der Waals surface area contributed by atoms with E-state index in [0.717, 1.165) is 45.2 Å². The summed E-state index contributed by atoms with van der Waals surface area (Å²) in [5.41, 5.74) is -0.343. The highest BCUT2D eigenvalue weighted by Crippen LogP contribution is 2.33. The number of hydrogen-bond donors (Lipinski definition) is 1. The van der Waals surface area contributed by atoms with E-state index in [1.807, 2.05) is 0 Å². The highest BCUT2D eigenvalue weighted by Gasteiger charge is 2.32. The van der Waals surface area contributed by atoms with Gasteiger partial charge in [0.15, 0.2) is 15.3 Å². The molecule has 0 radical (unpaired) electrons. The number of hydrogen-bond acceptors (Lipinski definition) is 4. The van der Waals surface area contributed by atoms with Crippen molar-refractivity contribution in [1.29, 1.82) is 0 Å². The van der Waals surface area contributed by atoms with Gasteiger partial charge in [0.25, 0.3) is 0 Å². The van der Waals surface area contributed by atoms with Crippen molar-refractivity contribution in [3.05, 3.63) is 0 Å². The number of sulfone groups is 1. The van der Waals surface area contributed by atoms with Crippen molar-refractivity contribution < 1.29 is 13.2 Å². The summed E-state index contributed by atoms with van der Waals surface area (Å²) in [4.78, 5) is 0. The highest BCUT2D eigenvalue weighted by molar-refractivity contribution is 7.91. The fourth-order valence-corrected chi connectivity index (χ4v) is 4.66. The van der Waals surface area contributed by atoms with E-state index in [0.29, 0.717) is 13.0 Å². The van der Waals surface area contributed by atoms with Crippen LogP contribution >= 0.6 is 0 Å². The Morgan fingerprint density at radius 3 is 2.61 bits per heavy atom. The van der Waals surface area contributed by atoms with Crippen molar-refractivity contribution in [2.75, 3.05) is 25.4 Å². The minimum Gasteiger partial charge on any atom is -0.362 e. The first-order valence-electron chi connectivity index (χ1n) is 7.06. The molecular weight excluding hydrogens is 250 g/mol. The van der Waals surface area contributed by atoms with Gasteiger partial charge in [0, 0.05) is 6.61 Å². The Balaban J connectivity index is 1.87. The monoisotopic (exact) mass is 275 g/mol. The molecule has 2 aliphatic rings. The Labute approximate surface area is 110 Å². The lowest BCUT2D eigenvalue weighted by Gasteiger charge is -2.34. The topological polar surface area (TPSA) is 55.4 Å². The summed E-state index contributed by atoms with van der Waals surface area (Å²) in [6, 6.07) is 0. The lowest BCUT2D eigenvalue weighted by atomic mass is 9.79. The summed E-state index contributed by atoms with van der Waals surface area (Å²) in [6.45, 7) is 4.84. The van der Waals surface area contributed by atoms with Crippen LogP contribution < -0.4 is 5.32 Å². The zero-order chi connectivity index (χ0) is 13.1. The average molecular weight is 275 g/mol. The van der Waals surface area contributed by atoms with E-state index in [1.54, 1.807) is 0 Å². The van der Waals surface area contributed by atoms with Crippen molar-refractivity contribution in [1.82, 2.24) is 5.32 Å². The van der Waals surface area contributed by atoms with Gasteiger partial charge in [-0.15, -0.1) is 0 Å². The molecule has 0 spiro atoms. The molecule has 0 bridgehead atoms. The third-order valence-electron chi connectivity index (χ3n) is 4.34. The number of piperidine rings is 1. The quantitative estimate of drug-likeness (QED) is 0.848. The number of nitrogens with one attached hydrogen (secondary N) is 1. The molecule has 2 rings (SSSR count). The normalized spacial score (nSPS) is 29.1. The molecule has 2 fully saturated rings. The van der Waals surface area contributed by atoms with Crippen LogP contribution in [0.5, 0.6) is 0 Å². The molecule has 2 aliphatic heterocycles. The number of rotatable bonds is 4. The molecular formula is C13H25NO3S. The molecule has 1 N–H and O–H groups in total. The third kappa shape index (κ3) is 3.68. The third-order valence-corrected chi connectivity index (χ3v) is 6.29. The van der Waals surface area contributed by atoms with Crippen LogP contribution in [0.2, 0.25) is 0 Å². The fourth-order valence-electron chi connectivity index (χ4n) is 2.79. The number of ether oxygens (including phenoxy) is 1. The molecule has 5 heteroatoms. The van der Waals surface area contributed by atoms with Gasteiger partial charge < -0.3 is 10.1 Å². The Morgan fingerprint density at radius 2 is 2.00 bits per heavy atom. The largest absolute Gasteiger partial charge is 0.362 e. The minimum absolute atomic E-state index is 0.187. The molecule has 2 saturated heterocycles. The average Bonchev–Trinajstić information content (AvgIpc) is 2.39. The standard InChI is InChI=1S/C13H25NO3S/c1-13(5-8-14-9-6-13)7-11-18(15,16)12-4-2-3-10-17-12/h12,14H,2-11H2,1H3. The molecule has 2 heterocycles. The van der Waals surface area contributed by atoms with Crippen molar-refractivity contribution in [2.24, 2.45) is 5.41 Å². The second-order valence-corrected chi connectivity index (χ2v) is 8.23. The first-order chi connectivity index (χ1) is 8.52. The van der Waals surface area contributed by atoms with Gasteiger partial charge >= 0.3 is 0 Å². The van der Waals surface area contributed by atoms with Gasteiger partial charge in [-0.2, -0.15) is 0 Å². The van der Waals surface area contributed by atoms with E-state index >= 15 is 0 Å². The van der Waals surface area contributed by atoms with E-state index in [2.05, 4.69) is 12.2 Å². The van der Waals surface area contributed by atoms with Gasteiger partial charge in [-0.3, -0.25) is 0 Å². The van der Waals surface area contributed by atoms with Gasteiger partial charge in [-0.05, 0) is 57.0 Å². The second kappa shape index (κ2) is 5.88. The van der Waals surface area contributed by atoms with Crippen LogP contribution in [0.4, 0.5) is 0 Å². The van der Waals surface area contributed by atoms with E-state index < -0.39 is 15.3 Å². The summed E-state index contributed by atoms with van der Waals surface area (Å²) in [6.07, 6.45) is 5.58. The molecule has 4 nitrogen and oxygen atoms in total. The molecule has 0 aromatic carbocycles. The maximum absolute atomic E-state index is 12.2.